The molecule has 0 saturated carbocycles. The summed E-state index contributed by atoms with van der Waals surface area (Å²) in [5.74, 6) is 12.8. The highest BCUT2D eigenvalue weighted by Crippen LogP contribution is 2.39. The number of aliphatic imine (C=N–C) groups is 1. The van der Waals surface area contributed by atoms with Crippen LogP contribution in [0.15, 0.2) is 47.6 Å². The number of carbonyl (C=O) groups excluding carboxylic acids is 1. The molecule has 0 aliphatic carbocycles. The van der Waals surface area contributed by atoms with E-state index in [0.717, 1.165) is 38.8 Å². The van der Waals surface area contributed by atoms with Gasteiger partial charge in [-0.2, -0.15) is 0 Å². The van der Waals surface area contributed by atoms with Crippen LogP contribution in [0.2, 0.25) is 5.02 Å². The van der Waals surface area contributed by atoms with Gasteiger partial charge in [0.25, 0.3) is 0 Å². The molecule has 1 aliphatic rings. The average molecular weight is 568 g/mol. The molecule has 8 nitrogen and oxygen atoms in total. The van der Waals surface area contributed by atoms with Crippen LogP contribution < -0.4 is 11.1 Å². The minimum absolute atomic E-state index is 0.0939. The molecule has 1 atom stereocenters. The van der Waals surface area contributed by atoms with Crippen molar-refractivity contribution in [3.05, 3.63) is 92.1 Å². The Morgan fingerprint density at radius 2 is 1.90 bits per heavy atom. The minimum atomic E-state index is -0.539. The predicted octanol–water partition coefficient (Wildman–Crippen LogP) is 4.06. The van der Waals surface area contributed by atoms with Crippen LogP contribution in [-0.4, -0.2) is 44.5 Å². The molecule has 3 N–H and O–H groups in total. The first kappa shape index (κ1) is 27.3. The Morgan fingerprint density at radius 3 is 2.62 bits per heavy atom. The lowest BCUT2D eigenvalue weighted by Gasteiger charge is -2.12. The number of aromatic nitrogens is 4. The Labute approximate surface area is 241 Å². The molecule has 4 heterocycles. The van der Waals surface area contributed by atoms with Gasteiger partial charge in [-0.3, -0.25) is 14.4 Å². The predicted molar refractivity (Wildman–Crippen MR) is 158 cm³/mol. The third kappa shape index (κ3) is 5.68. The standard InChI is InChI=1S/C30H26ClN7OS/c1-18-19(2)40-30-27(18)28(22-9-11-23(31)12-10-22)35-25(29-37-36-20(3)38(29)30)16-26(39)33-15-5-7-24-13-8-21(17-34-24)6-4-14-32/h8-13,17,25H,14-16,32H2,1-3H3,(H,33,39). The summed E-state index contributed by atoms with van der Waals surface area (Å²) in [4.78, 5) is 23.6. The molecule has 1 unspecified atom stereocenters. The maximum absolute atomic E-state index is 13.1. The highest BCUT2D eigenvalue weighted by atomic mass is 35.5. The number of nitrogens with two attached hydrogens (primary N) is 1. The molecule has 1 aliphatic heterocycles. The van der Waals surface area contributed by atoms with Crippen LogP contribution in [0.3, 0.4) is 0 Å². The van der Waals surface area contributed by atoms with Crippen molar-refractivity contribution in [2.24, 2.45) is 10.7 Å². The number of thiophene rings is 1. The largest absolute Gasteiger partial charge is 0.345 e. The number of pyridine rings is 1. The van der Waals surface area contributed by atoms with Crippen molar-refractivity contribution in [3.63, 3.8) is 0 Å². The fourth-order valence-corrected chi connectivity index (χ4v) is 5.69. The van der Waals surface area contributed by atoms with Gasteiger partial charge in [0.05, 0.1) is 25.2 Å². The number of fused-ring (bicyclic) bond motifs is 3. The molecule has 1 amide bonds. The molecule has 4 aromatic rings. The van der Waals surface area contributed by atoms with Gasteiger partial charge in [-0.15, -0.1) is 21.5 Å². The Balaban J connectivity index is 1.39. The van der Waals surface area contributed by atoms with Crippen molar-refractivity contribution in [1.29, 1.82) is 0 Å². The molecule has 200 valence electrons. The van der Waals surface area contributed by atoms with Crippen molar-refractivity contribution in [3.8, 4) is 28.7 Å². The van der Waals surface area contributed by atoms with Crippen LogP contribution in [-0.2, 0) is 4.79 Å². The Morgan fingerprint density at radius 1 is 1.10 bits per heavy atom. The lowest BCUT2D eigenvalue weighted by molar-refractivity contribution is -0.121. The summed E-state index contributed by atoms with van der Waals surface area (Å²) in [5.41, 5.74) is 10.7. The molecule has 3 aromatic heterocycles. The minimum Gasteiger partial charge on any atom is -0.345 e. The van der Waals surface area contributed by atoms with E-state index in [1.54, 1.807) is 23.6 Å². The fraction of sp³-hybridized carbons (Fsp3) is 0.233. The van der Waals surface area contributed by atoms with Gasteiger partial charge in [-0.05, 0) is 56.5 Å². The number of hydrogen-bond acceptors (Lipinski definition) is 7. The van der Waals surface area contributed by atoms with Gasteiger partial charge >= 0.3 is 0 Å². The van der Waals surface area contributed by atoms with E-state index < -0.39 is 6.04 Å². The number of halogens is 1. The third-order valence-corrected chi connectivity index (χ3v) is 7.87. The number of rotatable bonds is 4. The van der Waals surface area contributed by atoms with Gasteiger partial charge in [0.2, 0.25) is 5.91 Å². The molecule has 0 radical (unpaired) electrons. The number of carbonyl (C=O) groups is 1. The summed E-state index contributed by atoms with van der Waals surface area (Å²) >= 11 is 7.85. The first-order valence-corrected chi connectivity index (χ1v) is 13.8. The quantitative estimate of drug-likeness (QED) is 0.361. The number of amides is 1. The van der Waals surface area contributed by atoms with Gasteiger partial charge < -0.3 is 11.1 Å². The van der Waals surface area contributed by atoms with Gasteiger partial charge in [0.1, 0.15) is 22.6 Å². The zero-order valence-electron chi connectivity index (χ0n) is 22.2. The van der Waals surface area contributed by atoms with Crippen LogP contribution >= 0.6 is 22.9 Å². The average Bonchev–Trinajstić information content (AvgIpc) is 3.43. The lowest BCUT2D eigenvalue weighted by Crippen LogP contribution is -2.25. The number of aryl methyl sites for hydroxylation is 2. The molecule has 0 bridgehead atoms. The van der Waals surface area contributed by atoms with E-state index in [-0.39, 0.29) is 18.9 Å². The summed E-state index contributed by atoms with van der Waals surface area (Å²) in [6, 6.07) is 10.7. The topological polar surface area (TPSA) is 111 Å². The van der Waals surface area contributed by atoms with Gasteiger partial charge in [0, 0.05) is 32.8 Å². The summed E-state index contributed by atoms with van der Waals surface area (Å²) in [6.07, 6.45) is 1.74. The molecule has 1 aromatic carbocycles. The second kappa shape index (κ2) is 11.8. The number of nitrogens with zero attached hydrogens (tertiary/aromatic N) is 5. The maximum atomic E-state index is 13.1. The summed E-state index contributed by atoms with van der Waals surface area (Å²) in [6.45, 7) is 6.57. The molecular formula is C30H26ClN7OS. The second-order valence-electron chi connectivity index (χ2n) is 9.13. The van der Waals surface area contributed by atoms with E-state index in [1.807, 2.05) is 41.8 Å². The van der Waals surface area contributed by atoms with Crippen molar-refractivity contribution < 1.29 is 4.79 Å². The van der Waals surface area contributed by atoms with Crippen molar-refractivity contribution >= 4 is 34.6 Å². The van der Waals surface area contributed by atoms with Crippen LogP contribution in [0.4, 0.5) is 0 Å². The van der Waals surface area contributed by atoms with Crippen LogP contribution in [0, 0.1) is 44.5 Å². The zero-order valence-corrected chi connectivity index (χ0v) is 23.8. The van der Waals surface area contributed by atoms with Gasteiger partial charge in [0.15, 0.2) is 5.82 Å². The number of hydrogen-bond donors (Lipinski definition) is 2. The van der Waals surface area contributed by atoms with E-state index in [0.29, 0.717) is 23.1 Å². The molecule has 0 fully saturated rings. The van der Waals surface area contributed by atoms with Crippen LogP contribution in [0.1, 0.15) is 56.9 Å². The zero-order chi connectivity index (χ0) is 28.2. The number of nitrogens with one attached hydrogen (secondary N) is 1. The molecule has 10 heteroatoms. The SMILES string of the molecule is Cc1sc2c(c1C)C(c1ccc(Cl)cc1)=NC(CC(=O)NCC#Cc1ccc(C#CCN)cn1)c1nnc(C)n1-2. The van der Waals surface area contributed by atoms with E-state index in [4.69, 9.17) is 22.3 Å². The monoisotopic (exact) mass is 567 g/mol. The van der Waals surface area contributed by atoms with Crippen molar-refractivity contribution in [1.82, 2.24) is 25.1 Å². The number of benzene rings is 1. The highest BCUT2D eigenvalue weighted by molar-refractivity contribution is 7.15. The van der Waals surface area contributed by atoms with E-state index in [9.17, 15) is 4.79 Å². The Bertz CT molecular complexity index is 1730. The normalized spacial score (nSPS) is 13.5. The third-order valence-electron chi connectivity index (χ3n) is 6.42. The smallest absolute Gasteiger partial charge is 0.223 e. The first-order valence-electron chi connectivity index (χ1n) is 12.6. The van der Waals surface area contributed by atoms with Crippen LogP contribution in [0.5, 0.6) is 0 Å². The lowest BCUT2D eigenvalue weighted by atomic mass is 9.99. The molecule has 40 heavy (non-hydrogen) atoms. The van der Waals surface area contributed by atoms with E-state index >= 15 is 0 Å². The van der Waals surface area contributed by atoms with Gasteiger partial charge in [-0.1, -0.05) is 41.5 Å². The molecule has 5 rings (SSSR count). The second-order valence-corrected chi connectivity index (χ2v) is 10.8. The molecule has 0 saturated heterocycles. The first-order chi connectivity index (χ1) is 19.4. The van der Waals surface area contributed by atoms with Crippen LogP contribution in [0.25, 0.3) is 5.00 Å². The highest BCUT2D eigenvalue weighted by Gasteiger charge is 2.32. The molecular weight excluding hydrogens is 542 g/mol. The fourth-order valence-electron chi connectivity index (χ4n) is 4.35. The Kier molecular flexibility index (Phi) is 8.09. The van der Waals surface area contributed by atoms with E-state index in [1.165, 1.54) is 4.88 Å². The van der Waals surface area contributed by atoms with E-state index in [2.05, 4.69) is 58.0 Å². The molecule has 0 spiro atoms. The Hall–Kier alpha value is -4.28. The summed E-state index contributed by atoms with van der Waals surface area (Å²) < 4.78 is 2.03. The van der Waals surface area contributed by atoms with Crippen molar-refractivity contribution in [2.45, 2.75) is 33.2 Å². The van der Waals surface area contributed by atoms with Gasteiger partial charge in [-0.25, -0.2) is 4.98 Å². The summed E-state index contributed by atoms with van der Waals surface area (Å²) in [7, 11) is 0. The maximum Gasteiger partial charge on any atom is 0.223 e. The van der Waals surface area contributed by atoms with Crippen molar-refractivity contribution in [2.75, 3.05) is 13.1 Å². The summed E-state index contributed by atoms with van der Waals surface area (Å²) in [5, 5.41) is 13.3.